The summed E-state index contributed by atoms with van der Waals surface area (Å²) in [6.45, 7) is 4.74. The first-order valence-corrected chi connectivity index (χ1v) is 21.5. The molecule has 1 spiro atoms. The number of para-hydroxylation sites is 1. The fourth-order valence-corrected chi connectivity index (χ4v) is 9.64. The number of nitrogens with zero attached hydrogens (tertiary/aromatic N) is 3. The Hall–Kier alpha value is -5.19. The topological polar surface area (TPSA) is 205 Å². The highest BCUT2D eigenvalue weighted by molar-refractivity contribution is 7.90. The number of hydrogen-bond acceptors (Lipinski definition) is 11. The van der Waals surface area contributed by atoms with E-state index in [1.165, 1.54) is 21.9 Å². The second-order valence-corrected chi connectivity index (χ2v) is 17.3. The maximum atomic E-state index is 14.6. The maximum Gasteiger partial charge on any atom is 0.410 e. The van der Waals surface area contributed by atoms with Gasteiger partial charge in [0.25, 0.3) is 15.9 Å². The Labute approximate surface area is 332 Å². The molecule has 1 aromatic heterocycles. The van der Waals surface area contributed by atoms with Gasteiger partial charge in [0.1, 0.15) is 34.7 Å². The number of carbonyl (C=O) groups is 5. The molecule has 0 unspecified atom stereocenters. The molecule has 4 N–H and O–H groups in total. The van der Waals surface area contributed by atoms with Crippen molar-refractivity contribution < 1.29 is 41.9 Å². The molecule has 2 aromatic rings. The molecule has 2 aliphatic carbocycles. The van der Waals surface area contributed by atoms with Gasteiger partial charge in [0, 0.05) is 37.8 Å². The van der Waals surface area contributed by atoms with Crippen LogP contribution in [0.2, 0.25) is 0 Å². The second kappa shape index (κ2) is 17.1. The van der Waals surface area contributed by atoms with E-state index >= 15 is 0 Å². The first kappa shape index (κ1) is 40.0. The summed E-state index contributed by atoms with van der Waals surface area (Å²) in [5.41, 5.74) is 0.502. The fourth-order valence-electron chi connectivity index (χ4n) is 8.41. The van der Waals surface area contributed by atoms with Crippen LogP contribution in [-0.2, 0) is 47.0 Å². The molecular weight excluding hydrogens is 755 g/mol. The average molecular weight is 806 g/mol. The third-order valence-corrected chi connectivity index (χ3v) is 13.1. The summed E-state index contributed by atoms with van der Waals surface area (Å²) in [5.74, 6) is -2.83. The molecule has 0 radical (unpaired) electrons. The van der Waals surface area contributed by atoms with E-state index in [1.54, 1.807) is 30.6 Å². The van der Waals surface area contributed by atoms with E-state index in [4.69, 9.17) is 9.47 Å². The van der Waals surface area contributed by atoms with Gasteiger partial charge in [-0.3, -0.25) is 24.3 Å². The van der Waals surface area contributed by atoms with E-state index < -0.39 is 69.6 Å². The number of amides is 5. The van der Waals surface area contributed by atoms with Crippen molar-refractivity contribution in [2.45, 2.75) is 125 Å². The van der Waals surface area contributed by atoms with Gasteiger partial charge in [0.15, 0.2) is 0 Å². The van der Waals surface area contributed by atoms with Crippen LogP contribution in [0.1, 0.15) is 88.2 Å². The standard InChI is InChI=1S/C40H51N7O9S/c1-2-28-21-40(28)37(50)45-57(53,54)34-16-10-9-14-31(34)42-18-11-5-3-4-6-15-32(43-38(51)55-29-12-7-8-13-29)36(49)47-25-30(20-33(47)35(48)44-40)56-39(52)46-23-26-17-19-41-22-27(26)24-46/h2,9-10,14,16-17,19,22,28-30,32-33,42H,1,3-8,11-13,15,18,20-21,23-25H2,(H,43,51)(H,44,48)(H,45,50)/t28-,30-,32+,33+,40-/m1/s1. The smallest absolute Gasteiger partial charge is 0.410 e. The van der Waals surface area contributed by atoms with E-state index in [2.05, 4.69) is 32.2 Å². The Bertz CT molecular complexity index is 1960. The number of alkyl carbamates (subject to hydrolysis) is 1. The number of carbonyl (C=O) groups excluding carboxylic acids is 5. The van der Waals surface area contributed by atoms with Gasteiger partial charge in [-0.2, -0.15) is 0 Å². The molecular formula is C40H51N7O9S. The number of rotatable bonds is 4. The van der Waals surface area contributed by atoms with Crippen LogP contribution in [-0.4, -0.2) is 96.0 Å². The first-order valence-electron chi connectivity index (χ1n) is 20.0. The number of ether oxygens (including phenoxy) is 2. The largest absolute Gasteiger partial charge is 0.446 e. The van der Waals surface area contributed by atoms with Crippen molar-refractivity contribution in [3.63, 3.8) is 0 Å². The van der Waals surface area contributed by atoms with Crippen LogP contribution in [0, 0.1) is 5.92 Å². The van der Waals surface area contributed by atoms with Crippen LogP contribution in [0.25, 0.3) is 0 Å². The molecule has 1 saturated heterocycles. The van der Waals surface area contributed by atoms with Crippen molar-refractivity contribution in [1.29, 1.82) is 0 Å². The molecule has 16 nitrogen and oxygen atoms in total. The molecule has 7 rings (SSSR count). The molecule has 1 aromatic carbocycles. The van der Waals surface area contributed by atoms with E-state index in [-0.39, 0.29) is 36.8 Å². The number of aromatic nitrogens is 1. The predicted octanol–water partition coefficient (Wildman–Crippen LogP) is 3.87. The number of hydrogen-bond donors (Lipinski definition) is 4. The van der Waals surface area contributed by atoms with E-state index in [1.807, 2.05) is 6.07 Å². The number of pyridine rings is 1. The molecule has 5 aliphatic rings. The zero-order chi connectivity index (χ0) is 40.2. The van der Waals surface area contributed by atoms with Gasteiger partial charge in [0.05, 0.1) is 18.8 Å². The molecule has 5 atom stereocenters. The zero-order valence-electron chi connectivity index (χ0n) is 32.0. The second-order valence-electron chi connectivity index (χ2n) is 15.7. The summed E-state index contributed by atoms with van der Waals surface area (Å²) < 4.78 is 41.2. The highest BCUT2D eigenvalue weighted by Crippen LogP contribution is 2.45. The molecule has 57 heavy (non-hydrogen) atoms. The fraction of sp³-hybridized carbons (Fsp3) is 0.550. The van der Waals surface area contributed by atoms with Crippen LogP contribution in [0.15, 0.2) is 60.3 Å². The normalized spacial score (nSPS) is 28.2. The minimum absolute atomic E-state index is 0.0735. The Morgan fingerprint density at radius 1 is 0.930 bits per heavy atom. The lowest BCUT2D eigenvalue weighted by Crippen LogP contribution is -2.58. The lowest BCUT2D eigenvalue weighted by atomic mass is 10.0. The van der Waals surface area contributed by atoms with E-state index in [0.29, 0.717) is 31.7 Å². The Morgan fingerprint density at radius 2 is 1.67 bits per heavy atom. The summed E-state index contributed by atoms with van der Waals surface area (Å²) in [7, 11) is -4.39. The van der Waals surface area contributed by atoms with Crippen molar-refractivity contribution in [1.82, 2.24) is 30.1 Å². The number of anilines is 1. The number of sulfonamides is 1. The minimum Gasteiger partial charge on any atom is -0.446 e. The summed E-state index contributed by atoms with van der Waals surface area (Å²) in [4.78, 5) is 76.4. The van der Waals surface area contributed by atoms with Crippen LogP contribution in [0.4, 0.5) is 15.3 Å². The van der Waals surface area contributed by atoms with E-state index in [0.717, 1.165) is 62.5 Å². The predicted molar refractivity (Wildman–Crippen MR) is 207 cm³/mol. The SMILES string of the molecule is C=C[C@@H]1C[C@@]12NC(=O)[C@@H]1C[C@@H](OC(=O)N3Cc4ccncc4C3)CN1C(=O)[C@@H](NC(=O)OC1CCCC1)CCCCCCCNc1ccccc1S(=O)(=O)NC2=O. The Balaban J connectivity index is 1.15. The van der Waals surface area contributed by atoms with Crippen LogP contribution in [0.3, 0.4) is 0 Å². The Morgan fingerprint density at radius 3 is 2.44 bits per heavy atom. The molecule has 306 valence electrons. The third kappa shape index (κ3) is 9.03. The number of nitrogens with one attached hydrogen (secondary N) is 4. The van der Waals surface area contributed by atoms with Gasteiger partial charge in [-0.1, -0.05) is 43.9 Å². The molecule has 3 aliphatic heterocycles. The highest BCUT2D eigenvalue weighted by atomic mass is 32.2. The molecule has 17 heteroatoms. The molecule has 0 bridgehead atoms. The summed E-state index contributed by atoms with van der Waals surface area (Å²) in [6, 6.07) is 5.86. The monoisotopic (exact) mass is 805 g/mol. The van der Waals surface area contributed by atoms with Crippen molar-refractivity contribution >= 4 is 45.6 Å². The molecule has 2 saturated carbocycles. The summed E-state index contributed by atoms with van der Waals surface area (Å²) in [6.07, 6.45) is 9.70. The van der Waals surface area contributed by atoms with Gasteiger partial charge in [-0.15, -0.1) is 6.58 Å². The van der Waals surface area contributed by atoms with Gasteiger partial charge in [-0.05, 0) is 74.3 Å². The van der Waals surface area contributed by atoms with Crippen LogP contribution in [0.5, 0.6) is 0 Å². The average Bonchev–Trinajstić information content (AvgIpc) is 3.58. The van der Waals surface area contributed by atoms with E-state index in [9.17, 15) is 32.4 Å². The van der Waals surface area contributed by atoms with Gasteiger partial charge in [0.2, 0.25) is 11.8 Å². The lowest BCUT2D eigenvalue weighted by molar-refractivity contribution is -0.141. The Kier molecular flexibility index (Phi) is 12.0. The van der Waals surface area contributed by atoms with Gasteiger partial charge in [-0.25, -0.2) is 22.7 Å². The third-order valence-electron chi connectivity index (χ3n) is 11.7. The maximum absolute atomic E-state index is 14.6. The van der Waals surface area contributed by atoms with Crippen molar-refractivity contribution in [2.75, 3.05) is 18.4 Å². The summed E-state index contributed by atoms with van der Waals surface area (Å²) >= 11 is 0. The van der Waals surface area contributed by atoms with Crippen LogP contribution >= 0.6 is 0 Å². The van der Waals surface area contributed by atoms with Gasteiger partial charge < -0.3 is 30.3 Å². The lowest BCUT2D eigenvalue weighted by Gasteiger charge is -2.30. The zero-order valence-corrected chi connectivity index (χ0v) is 32.8. The van der Waals surface area contributed by atoms with Crippen molar-refractivity contribution in [3.8, 4) is 0 Å². The van der Waals surface area contributed by atoms with Crippen LogP contribution < -0.4 is 20.7 Å². The number of benzene rings is 1. The minimum atomic E-state index is -4.39. The van der Waals surface area contributed by atoms with Gasteiger partial charge >= 0.3 is 12.2 Å². The molecule has 4 heterocycles. The quantitative estimate of drug-likeness (QED) is 0.327. The van der Waals surface area contributed by atoms with Crippen molar-refractivity contribution in [3.05, 3.63) is 66.5 Å². The highest BCUT2D eigenvalue weighted by Gasteiger charge is 2.61. The molecule has 5 amide bonds. The summed E-state index contributed by atoms with van der Waals surface area (Å²) in [5, 5.41) is 8.73. The molecule has 3 fully saturated rings. The first-order chi connectivity index (χ1) is 27.5. The number of fused-ring (bicyclic) bond motifs is 3. The van der Waals surface area contributed by atoms with Crippen molar-refractivity contribution in [2.24, 2.45) is 5.92 Å².